The van der Waals surface area contributed by atoms with Crippen LogP contribution in [0.4, 0.5) is 0 Å². The number of ether oxygens (including phenoxy) is 1. The van der Waals surface area contributed by atoms with Crippen LogP contribution in [-0.2, 0) is 16.0 Å². The van der Waals surface area contributed by atoms with Gasteiger partial charge in [-0.2, -0.15) is 0 Å². The SMILES string of the molecule is CCOC(C)C(=O)NC(C)Cc1ccccc1C. The maximum Gasteiger partial charge on any atom is 0.249 e. The fourth-order valence-corrected chi connectivity index (χ4v) is 1.91. The van der Waals surface area contributed by atoms with E-state index < -0.39 is 0 Å². The van der Waals surface area contributed by atoms with Crippen LogP contribution in [0, 0.1) is 6.92 Å². The molecule has 1 amide bonds. The molecule has 0 radical (unpaired) electrons. The van der Waals surface area contributed by atoms with Gasteiger partial charge in [-0.25, -0.2) is 0 Å². The molecule has 0 bridgehead atoms. The molecule has 0 spiro atoms. The van der Waals surface area contributed by atoms with Crippen molar-refractivity contribution in [2.75, 3.05) is 6.61 Å². The van der Waals surface area contributed by atoms with Crippen LogP contribution in [0.2, 0.25) is 0 Å². The Morgan fingerprint density at radius 1 is 1.33 bits per heavy atom. The van der Waals surface area contributed by atoms with Gasteiger partial charge in [-0.1, -0.05) is 24.3 Å². The summed E-state index contributed by atoms with van der Waals surface area (Å²) < 4.78 is 5.27. The van der Waals surface area contributed by atoms with Crippen molar-refractivity contribution in [1.29, 1.82) is 0 Å². The van der Waals surface area contributed by atoms with Crippen LogP contribution >= 0.6 is 0 Å². The Kier molecular flexibility index (Phi) is 5.86. The van der Waals surface area contributed by atoms with Crippen molar-refractivity contribution in [3.8, 4) is 0 Å². The fourth-order valence-electron chi connectivity index (χ4n) is 1.91. The lowest BCUT2D eigenvalue weighted by molar-refractivity contribution is -0.132. The molecule has 0 saturated heterocycles. The standard InChI is InChI=1S/C15H23NO2/c1-5-18-13(4)15(17)16-12(3)10-14-9-7-6-8-11(14)2/h6-9,12-13H,5,10H2,1-4H3,(H,16,17). The first-order chi connectivity index (χ1) is 8.54. The van der Waals surface area contributed by atoms with E-state index in [4.69, 9.17) is 4.74 Å². The number of amides is 1. The predicted octanol–water partition coefficient (Wildman–Crippen LogP) is 2.47. The van der Waals surface area contributed by atoms with Crippen molar-refractivity contribution >= 4 is 5.91 Å². The van der Waals surface area contributed by atoms with Crippen molar-refractivity contribution in [2.45, 2.75) is 46.3 Å². The van der Waals surface area contributed by atoms with Gasteiger partial charge in [0.05, 0.1) is 0 Å². The maximum atomic E-state index is 11.8. The quantitative estimate of drug-likeness (QED) is 0.841. The molecule has 1 rings (SSSR count). The number of rotatable bonds is 6. The number of benzene rings is 1. The minimum atomic E-state index is -0.380. The smallest absolute Gasteiger partial charge is 0.249 e. The zero-order valence-corrected chi connectivity index (χ0v) is 11.7. The normalized spacial score (nSPS) is 14.0. The van der Waals surface area contributed by atoms with Gasteiger partial charge in [0, 0.05) is 12.6 Å². The van der Waals surface area contributed by atoms with E-state index in [9.17, 15) is 4.79 Å². The maximum absolute atomic E-state index is 11.8. The van der Waals surface area contributed by atoms with Crippen LogP contribution < -0.4 is 5.32 Å². The highest BCUT2D eigenvalue weighted by molar-refractivity contribution is 5.80. The fraction of sp³-hybridized carbons (Fsp3) is 0.533. The second-order valence-electron chi connectivity index (χ2n) is 4.64. The molecule has 0 aliphatic heterocycles. The first kappa shape index (κ1) is 14.7. The summed E-state index contributed by atoms with van der Waals surface area (Å²) in [7, 11) is 0. The van der Waals surface area contributed by atoms with Crippen LogP contribution in [0.25, 0.3) is 0 Å². The van der Waals surface area contributed by atoms with Crippen molar-refractivity contribution in [3.63, 3.8) is 0 Å². The Morgan fingerprint density at radius 2 is 2.00 bits per heavy atom. The monoisotopic (exact) mass is 249 g/mol. The van der Waals surface area contributed by atoms with Gasteiger partial charge in [0.25, 0.3) is 0 Å². The summed E-state index contributed by atoms with van der Waals surface area (Å²) in [6.45, 7) is 8.33. The number of carbonyl (C=O) groups is 1. The van der Waals surface area contributed by atoms with Crippen LogP contribution in [0.15, 0.2) is 24.3 Å². The van der Waals surface area contributed by atoms with Gasteiger partial charge in [-0.3, -0.25) is 4.79 Å². The topological polar surface area (TPSA) is 38.3 Å². The summed E-state index contributed by atoms with van der Waals surface area (Å²) in [4.78, 5) is 11.8. The number of aryl methyl sites for hydroxylation is 1. The lowest BCUT2D eigenvalue weighted by atomic mass is 10.0. The van der Waals surface area contributed by atoms with E-state index in [-0.39, 0.29) is 18.1 Å². The number of hydrogen-bond acceptors (Lipinski definition) is 2. The number of carbonyl (C=O) groups excluding carboxylic acids is 1. The van der Waals surface area contributed by atoms with E-state index in [0.29, 0.717) is 6.61 Å². The summed E-state index contributed by atoms with van der Waals surface area (Å²) >= 11 is 0. The highest BCUT2D eigenvalue weighted by Gasteiger charge is 2.15. The number of nitrogens with one attached hydrogen (secondary N) is 1. The van der Waals surface area contributed by atoms with Crippen molar-refractivity contribution in [1.82, 2.24) is 5.32 Å². The first-order valence-corrected chi connectivity index (χ1v) is 6.51. The molecular formula is C15H23NO2. The molecule has 0 aliphatic rings. The summed E-state index contributed by atoms with van der Waals surface area (Å²) in [5, 5.41) is 2.98. The van der Waals surface area contributed by atoms with E-state index in [0.717, 1.165) is 6.42 Å². The summed E-state index contributed by atoms with van der Waals surface area (Å²) in [5.41, 5.74) is 2.53. The van der Waals surface area contributed by atoms with Crippen molar-refractivity contribution < 1.29 is 9.53 Å². The molecule has 0 fully saturated rings. The highest BCUT2D eigenvalue weighted by Crippen LogP contribution is 2.09. The molecule has 100 valence electrons. The molecule has 0 heterocycles. The first-order valence-electron chi connectivity index (χ1n) is 6.51. The molecular weight excluding hydrogens is 226 g/mol. The molecule has 0 saturated carbocycles. The Bertz CT molecular complexity index is 390. The van der Waals surface area contributed by atoms with E-state index in [1.165, 1.54) is 11.1 Å². The highest BCUT2D eigenvalue weighted by atomic mass is 16.5. The Balaban J connectivity index is 2.49. The zero-order chi connectivity index (χ0) is 13.5. The number of hydrogen-bond donors (Lipinski definition) is 1. The van der Waals surface area contributed by atoms with Gasteiger partial charge in [-0.15, -0.1) is 0 Å². The van der Waals surface area contributed by atoms with Gasteiger partial charge in [-0.05, 0) is 45.2 Å². The van der Waals surface area contributed by atoms with Crippen LogP contribution in [0.1, 0.15) is 31.9 Å². The lowest BCUT2D eigenvalue weighted by Crippen LogP contribution is -2.41. The van der Waals surface area contributed by atoms with Gasteiger partial charge in [0.1, 0.15) is 6.10 Å². The van der Waals surface area contributed by atoms with Crippen LogP contribution in [-0.4, -0.2) is 24.7 Å². The summed E-state index contributed by atoms with van der Waals surface area (Å²) in [6.07, 6.45) is 0.464. The zero-order valence-electron chi connectivity index (χ0n) is 11.7. The van der Waals surface area contributed by atoms with Gasteiger partial charge >= 0.3 is 0 Å². The lowest BCUT2D eigenvalue weighted by Gasteiger charge is -2.18. The third-order valence-corrected chi connectivity index (χ3v) is 2.96. The van der Waals surface area contributed by atoms with E-state index in [2.05, 4.69) is 24.4 Å². The average Bonchev–Trinajstić information content (AvgIpc) is 2.32. The second-order valence-corrected chi connectivity index (χ2v) is 4.64. The molecule has 0 aliphatic carbocycles. The molecule has 3 nitrogen and oxygen atoms in total. The van der Waals surface area contributed by atoms with E-state index in [1.807, 2.05) is 26.0 Å². The molecule has 2 unspecified atom stereocenters. The van der Waals surface area contributed by atoms with Gasteiger partial charge in [0.15, 0.2) is 0 Å². The van der Waals surface area contributed by atoms with Gasteiger partial charge < -0.3 is 10.1 Å². The Hall–Kier alpha value is -1.35. The molecule has 0 aromatic heterocycles. The predicted molar refractivity (Wildman–Crippen MR) is 73.6 cm³/mol. The Morgan fingerprint density at radius 3 is 2.61 bits per heavy atom. The van der Waals surface area contributed by atoms with Crippen LogP contribution in [0.3, 0.4) is 0 Å². The molecule has 1 aromatic carbocycles. The van der Waals surface area contributed by atoms with Crippen molar-refractivity contribution in [3.05, 3.63) is 35.4 Å². The molecule has 1 aromatic rings. The van der Waals surface area contributed by atoms with Gasteiger partial charge in [0.2, 0.25) is 5.91 Å². The van der Waals surface area contributed by atoms with E-state index in [1.54, 1.807) is 6.92 Å². The molecule has 3 heteroatoms. The van der Waals surface area contributed by atoms with E-state index >= 15 is 0 Å². The molecule has 18 heavy (non-hydrogen) atoms. The second kappa shape index (κ2) is 7.17. The molecule has 1 N–H and O–H groups in total. The third kappa shape index (κ3) is 4.49. The minimum absolute atomic E-state index is 0.0436. The largest absolute Gasteiger partial charge is 0.369 e. The summed E-state index contributed by atoms with van der Waals surface area (Å²) in [5.74, 6) is -0.0436. The Labute approximate surface area is 110 Å². The minimum Gasteiger partial charge on any atom is -0.369 e. The van der Waals surface area contributed by atoms with Crippen molar-refractivity contribution in [2.24, 2.45) is 0 Å². The van der Waals surface area contributed by atoms with Crippen LogP contribution in [0.5, 0.6) is 0 Å². The molecule has 2 atom stereocenters. The summed E-state index contributed by atoms with van der Waals surface area (Å²) in [6, 6.07) is 8.36. The average molecular weight is 249 g/mol. The third-order valence-electron chi connectivity index (χ3n) is 2.96.